The minimum absolute atomic E-state index is 0.159. The molecule has 2 amide bonds. The fraction of sp³-hybridized carbons (Fsp3) is 0.273. The number of likely N-dealkylation sites (tertiary alicyclic amines) is 1. The topological polar surface area (TPSA) is 59.1 Å². The van der Waals surface area contributed by atoms with E-state index in [0.717, 1.165) is 29.9 Å². The molecule has 2 aromatic rings. The maximum atomic E-state index is 14.4. The molecule has 0 atom stereocenters. The van der Waals surface area contributed by atoms with Crippen LogP contribution in [0.2, 0.25) is 0 Å². The lowest BCUT2D eigenvalue weighted by Gasteiger charge is -2.20. The van der Waals surface area contributed by atoms with E-state index in [1.807, 2.05) is 4.90 Å². The van der Waals surface area contributed by atoms with E-state index >= 15 is 0 Å². The first-order valence-electron chi connectivity index (χ1n) is 9.51. The van der Waals surface area contributed by atoms with Crippen molar-refractivity contribution in [3.63, 3.8) is 0 Å². The number of carbonyl (C=O) groups excluding carboxylic acids is 2. The predicted molar refractivity (Wildman–Crippen MR) is 106 cm³/mol. The quantitative estimate of drug-likeness (QED) is 0.703. The molecule has 6 nitrogen and oxygen atoms in total. The number of nitrogens with zero attached hydrogens (tertiary/aromatic N) is 2. The van der Waals surface area contributed by atoms with E-state index < -0.39 is 23.4 Å². The van der Waals surface area contributed by atoms with Crippen molar-refractivity contribution in [1.82, 2.24) is 4.90 Å². The van der Waals surface area contributed by atoms with Crippen LogP contribution >= 0.6 is 0 Å². The summed E-state index contributed by atoms with van der Waals surface area (Å²) in [5, 5.41) is 0. The van der Waals surface area contributed by atoms with E-state index in [-0.39, 0.29) is 17.0 Å². The Kier molecular flexibility index (Phi) is 5.15. The van der Waals surface area contributed by atoms with Gasteiger partial charge in [0.25, 0.3) is 11.8 Å². The van der Waals surface area contributed by atoms with E-state index in [9.17, 15) is 18.4 Å². The molecule has 30 heavy (non-hydrogen) atoms. The molecule has 0 N–H and O–H groups in total. The van der Waals surface area contributed by atoms with Crippen molar-refractivity contribution in [1.29, 1.82) is 0 Å². The number of ether oxygens (including phenoxy) is 2. The average Bonchev–Trinajstić information content (AvgIpc) is 3.34. The number of methoxy groups -OCH3 is 2. The lowest BCUT2D eigenvalue weighted by Crippen LogP contribution is -2.35. The molecule has 0 aliphatic carbocycles. The van der Waals surface area contributed by atoms with Gasteiger partial charge in [-0.3, -0.25) is 9.59 Å². The third-order valence-electron chi connectivity index (χ3n) is 5.30. The summed E-state index contributed by atoms with van der Waals surface area (Å²) in [6.07, 6.45) is 1.77. The number of carbonyl (C=O) groups is 2. The van der Waals surface area contributed by atoms with E-state index in [0.29, 0.717) is 36.2 Å². The number of amides is 2. The third kappa shape index (κ3) is 3.18. The zero-order chi connectivity index (χ0) is 21.4. The fourth-order valence-corrected chi connectivity index (χ4v) is 3.89. The highest BCUT2D eigenvalue weighted by Crippen LogP contribution is 2.39. The zero-order valence-electron chi connectivity index (χ0n) is 16.6. The molecule has 2 aliphatic heterocycles. The second-order valence-corrected chi connectivity index (χ2v) is 7.03. The Morgan fingerprint density at radius 2 is 1.57 bits per heavy atom. The lowest BCUT2D eigenvalue weighted by molar-refractivity contribution is -0.120. The summed E-state index contributed by atoms with van der Waals surface area (Å²) in [6, 6.07) is 7.67. The number of benzene rings is 2. The Labute approximate surface area is 172 Å². The van der Waals surface area contributed by atoms with Gasteiger partial charge in [0.05, 0.1) is 25.5 Å². The highest BCUT2D eigenvalue weighted by atomic mass is 19.1. The van der Waals surface area contributed by atoms with Gasteiger partial charge < -0.3 is 14.4 Å². The standard InChI is InChI=1S/C22H20F2N2O4/c1-29-17-8-5-13(11-18(17)30-2)19-20(25-9-3-4-10-25)22(28)26(21(19)27)16-7-6-14(23)12-15(16)24/h5-8,11-12H,3-4,9-10H2,1-2H3. The molecule has 0 saturated carbocycles. The normalized spacial score (nSPS) is 16.7. The van der Waals surface area contributed by atoms with Gasteiger partial charge in [0.1, 0.15) is 17.3 Å². The third-order valence-corrected chi connectivity index (χ3v) is 5.30. The molecule has 2 heterocycles. The summed E-state index contributed by atoms with van der Waals surface area (Å²) in [7, 11) is 2.97. The number of anilines is 1. The number of rotatable bonds is 5. The molecular weight excluding hydrogens is 394 g/mol. The van der Waals surface area contributed by atoms with E-state index in [1.165, 1.54) is 14.2 Å². The SMILES string of the molecule is COc1ccc(C2=C(N3CCCC3)C(=O)N(c3ccc(F)cc3F)C2=O)cc1OC. The maximum absolute atomic E-state index is 14.4. The van der Waals surface area contributed by atoms with Gasteiger partial charge in [-0.05, 0) is 42.7 Å². The summed E-state index contributed by atoms with van der Waals surface area (Å²) >= 11 is 0. The average molecular weight is 414 g/mol. The van der Waals surface area contributed by atoms with Crippen LogP contribution in [0.3, 0.4) is 0 Å². The van der Waals surface area contributed by atoms with Crippen molar-refractivity contribution in [3.05, 3.63) is 59.3 Å². The van der Waals surface area contributed by atoms with Crippen LogP contribution in [0.4, 0.5) is 14.5 Å². The molecule has 1 saturated heterocycles. The molecule has 1 fully saturated rings. The Balaban J connectivity index is 1.86. The first-order chi connectivity index (χ1) is 14.5. The molecule has 2 aliphatic rings. The molecule has 0 bridgehead atoms. The fourth-order valence-electron chi connectivity index (χ4n) is 3.89. The van der Waals surface area contributed by atoms with Gasteiger partial charge in [-0.15, -0.1) is 0 Å². The summed E-state index contributed by atoms with van der Waals surface area (Å²) in [6.45, 7) is 1.23. The first-order valence-corrected chi connectivity index (χ1v) is 9.51. The van der Waals surface area contributed by atoms with E-state index in [2.05, 4.69) is 0 Å². The summed E-state index contributed by atoms with van der Waals surface area (Å²) < 4.78 is 38.4. The van der Waals surface area contributed by atoms with Crippen LogP contribution in [-0.2, 0) is 9.59 Å². The van der Waals surface area contributed by atoms with Crippen LogP contribution in [0.1, 0.15) is 18.4 Å². The molecule has 0 unspecified atom stereocenters. The van der Waals surface area contributed by atoms with Crippen LogP contribution in [-0.4, -0.2) is 44.0 Å². The maximum Gasteiger partial charge on any atom is 0.282 e. The van der Waals surface area contributed by atoms with Crippen molar-refractivity contribution in [3.8, 4) is 11.5 Å². The molecular formula is C22H20F2N2O4. The number of hydrogen-bond acceptors (Lipinski definition) is 5. The Morgan fingerprint density at radius 3 is 2.20 bits per heavy atom. The van der Waals surface area contributed by atoms with Gasteiger partial charge in [0.15, 0.2) is 11.5 Å². The van der Waals surface area contributed by atoms with Crippen LogP contribution in [0, 0.1) is 11.6 Å². The molecule has 4 rings (SSSR count). The predicted octanol–water partition coefficient (Wildman–Crippen LogP) is 3.36. The smallest absolute Gasteiger partial charge is 0.282 e. The second-order valence-electron chi connectivity index (χ2n) is 7.03. The molecule has 2 aromatic carbocycles. The molecule has 0 spiro atoms. The van der Waals surface area contributed by atoms with Gasteiger partial charge in [0, 0.05) is 19.2 Å². The van der Waals surface area contributed by atoms with Gasteiger partial charge in [-0.25, -0.2) is 13.7 Å². The Morgan fingerprint density at radius 1 is 0.867 bits per heavy atom. The highest BCUT2D eigenvalue weighted by molar-refractivity contribution is 6.45. The summed E-state index contributed by atoms with van der Waals surface area (Å²) in [5.41, 5.74) is 0.552. The zero-order valence-corrected chi connectivity index (χ0v) is 16.6. The molecule has 0 radical (unpaired) electrons. The summed E-state index contributed by atoms with van der Waals surface area (Å²) in [5.74, 6) is -2.19. The van der Waals surface area contributed by atoms with E-state index in [1.54, 1.807) is 18.2 Å². The molecule has 156 valence electrons. The minimum atomic E-state index is -0.981. The van der Waals surface area contributed by atoms with Gasteiger partial charge >= 0.3 is 0 Å². The van der Waals surface area contributed by atoms with Crippen LogP contribution in [0.5, 0.6) is 11.5 Å². The highest BCUT2D eigenvalue weighted by Gasteiger charge is 2.44. The largest absolute Gasteiger partial charge is 0.493 e. The van der Waals surface area contributed by atoms with Crippen molar-refractivity contribution in [2.75, 3.05) is 32.2 Å². The lowest BCUT2D eigenvalue weighted by atomic mass is 10.0. The van der Waals surface area contributed by atoms with Gasteiger partial charge in [-0.1, -0.05) is 6.07 Å². The second kappa shape index (κ2) is 7.78. The Hall–Kier alpha value is -3.42. The van der Waals surface area contributed by atoms with Crippen LogP contribution < -0.4 is 14.4 Å². The number of halogens is 2. The molecule has 8 heteroatoms. The number of imide groups is 1. The van der Waals surface area contributed by atoms with Gasteiger partial charge in [0.2, 0.25) is 0 Å². The van der Waals surface area contributed by atoms with Crippen molar-refractivity contribution in [2.45, 2.75) is 12.8 Å². The van der Waals surface area contributed by atoms with Crippen molar-refractivity contribution < 1.29 is 27.8 Å². The number of hydrogen-bond donors (Lipinski definition) is 0. The minimum Gasteiger partial charge on any atom is -0.493 e. The van der Waals surface area contributed by atoms with Crippen molar-refractivity contribution in [2.24, 2.45) is 0 Å². The van der Waals surface area contributed by atoms with Crippen molar-refractivity contribution >= 4 is 23.1 Å². The first kappa shape index (κ1) is 19.9. The molecule has 0 aromatic heterocycles. The van der Waals surface area contributed by atoms with Crippen LogP contribution in [0.15, 0.2) is 42.1 Å². The Bertz CT molecular complexity index is 1060. The summed E-state index contributed by atoms with van der Waals surface area (Å²) in [4.78, 5) is 29.3. The van der Waals surface area contributed by atoms with Crippen LogP contribution in [0.25, 0.3) is 5.57 Å². The van der Waals surface area contributed by atoms with E-state index in [4.69, 9.17) is 9.47 Å². The van der Waals surface area contributed by atoms with Gasteiger partial charge in [-0.2, -0.15) is 0 Å². The monoisotopic (exact) mass is 414 g/mol.